The van der Waals surface area contributed by atoms with Crippen molar-refractivity contribution >= 4 is 24.2 Å². The summed E-state index contributed by atoms with van der Waals surface area (Å²) >= 11 is 0. The molecule has 5 nitrogen and oxygen atoms in total. The molecule has 2 atom stereocenters. The first-order valence-corrected chi connectivity index (χ1v) is 7.36. The molecule has 1 aliphatic heterocycles. The van der Waals surface area contributed by atoms with Crippen molar-refractivity contribution in [3.05, 3.63) is 0 Å². The second-order valence-electron chi connectivity index (χ2n) is 5.39. The van der Waals surface area contributed by atoms with E-state index in [4.69, 9.17) is 5.73 Å². The van der Waals surface area contributed by atoms with E-state index in [0.717, 1.165) is 32.2 Å². The molecule has 0 radical (unpaired) electrons. The lowest BCUT2D eigenvalue weighted by molar-refractivity contribution is -0.139. The van der Waals surface area contributed by atoms with E-state index >= 15 is 0 Å². The molecule has 1 heterocycles. The van der Waals surface area contributed by atoms with E-state index in [0.29, 0.717) is 19.6 Å². The summed E-state index contributed by atoms with van der Waals surface area (Å²) in [5.74, 6) is 0.221. The van der Waals surface area contributed by atoms with Crippen LogP contribution in [0.3, 0.4) is 0 Å². The van der Waals surface area contributed by atoms with Gasteiger partial charge in [0.25, 0.3) is 0 Å². The van der Waals surface area contributed by atoms with Crippen LogP contribution in [0.2, 0.25) is 0 Å². The van der Waals surface area contributed by atoms with Crippen molar-refractivity contribution in [2.75, 3.05) is 26.2 Å². The minimum Gasteiger partial charge on any atom is -0.355 e. The minimum atomic E-state index is -0.0712. The molecule has 1 rings (SSSR count). The van der Waals surface area contributed by atoms with Gasteiger partial charge in [0.1, 0.15) is 0 Å². The van der Waals surface area contributed by atoms with E-state index in [1.54, 1.807) is 0 Å². The number of hydrogen-bond donors (Lipinski definition) is 2. The van der Waals surface area contributed by atoms with Crippen LogP contribution in [0.4, 0.5) is 0 Å². The van der Waals surface area contributed by atoms with Crippen LogP contribution in [0.15, 0.2) is 0 Å². The van der Waals surface area contributed by atoms with Gasteiger partial charge in [-0.2, -0.15) is 0 Å². The number of likely N-dealkylation sites (tertiary alicyclic amines) is 1. The zero-order chi connectivity index (χ0) is 14.3. The minimum absolute atomic E-state index is 0. The van der Waals surface area contributed by atoms with E-state index < -0.39 is 0 Å². The summed E-state index contributed by atoms with van der Waals surface area (Å²) in [5, 5.41) is 2.81. The number of carbonyl (C=O) groups excluding carboxylic acids is 2. The molecule has 3 N–H and O–H groups in total. The third-order valence-electron chi connectivity index (χ3n) is 3.69. The number of amides is 2. The van der Waals surface area contributed by atoms with Crippen molar-refractivity contribution in [1.29, 1.82) is 0 Å². The third-order valence-corrected chi connectivity index (χ3v) is 3.69. The first-order chi connectivity index (χ1) is 9.10. The Morgan fingerprint density at radius 2 is 2.15 bits per heavy atom. The van der Waals surface area contributed by atoms with Crippen molar-refractivity contribution < 1.29 is 9.59 Å². The van der Waals surface area contributed by atoms with Gasteiger partial charge in [-0.05, 0) is 19.3 Å². The molecule has 0 bridgehead atoms. The maximum absolute atomic E-state index is 12.2. The lowest BCUT2D eigenvalue weighted by Crippen LogP contribution is -2.47. The molecule has 0 aliphatic carbocycles. The molecule has 118 valence electrons. The number of rotatable bonds is 6. The van der Waals surface area contributed by atoms with Crippen LogP contribution in [0.5, 0.6) is 0 Å². The number of nitrogens with two attached hydrogens (primary N) is 1. The van der Waals surface area contributed by atoms with Crippen LogP contribution in [0.25, 0.3) is 0 Å². The first kappa shape index (κ1) is 19.2. The number of hydrogen-bond acceptors (Lipinski definition) is 3. The molecule has 0 aromatic carbocycles. The summed E-state index contributed by atoms with van der Waals surface area (Å²) in [5.41, 5.74) is 5.38. The van der Waals surface area contributed by atoms with Gasteiger partial charge in [-0.1, -0.05) is 20.3 Å². The van der Waals surface area contributed by atoms with Crippen LogP contribution < -0.4 is 11.1 Å². The molecular weight excluding hydrogens is 278 g/mol. The molecule has 2 amide bonds. The number of piperidine rings is 1. The lowest BCUT2D eigenvalue weighted by atomic mass is 9.95. The molecule has 1 aliphatic rings. The fourth-order valence-corrected chi connectivity index (χ4v) is 2.60. The van der Waals surface area contributed by atoms with Gasteiger partial charge >= 0.3 is 0 Å². The Morgan fingerprint density at radius 1 is 1.45 bits per heavy atom. The van der Waals surface area contributed by atoms with Crippen LogP contribution >= 0.6 is 12.4 Å². The van der Waals surface area contributed by atoms with Gasteiger partial charge in [0, 0.05) is 32.1 Å². The Balaban J connectivity index is 0.00000361. The highest BCUT2D eigenvalue weighted by atomic mass is 35.5. The third kappa shape index (κ3) is 5.67. The molecule has 2 unspecified atom stereocenters. The normalized spacial score (nSPS) is 19.9. The summed E-state index contributed by atoms with van der Waals surface area (Å²) in [6.07, 6.45) is 3.70. The highest BCUT2D eigenvalue weighted by Crippen LogP contribution is 2.20. The van der Waals surface area contributed by atoms with E-state index in [9.17, 15) is 9.59 Å². The van der Waals surface area contributed by atoms with Crippen molar-refractivity contribution in [3.63, 3.8) is 0 Å². The number of carbonyl (C=O) groups is 2. The monoisotopic (exact) mass is 305 g/mol. The van der Waals surface area contributed by atoms with Crippen LogP contribution in [0.1, 0.15) is 39.5 Å². The van der Waals surface area contributed by atoms with Gasteiger partial charge in [-0.25, -0.2) is 0 Å². The van der Waals surface area contributed by atoms with Gasteiger partial charge in [0.2, 0.25) is 11.8 Å². The van der Waals surface area contributed by atoms with E-state index in [2.05, 4.69) is 12.2 Å². The molecular formula is C14H28ClN3O2. The van der Waals surface area contributed by atoms with Gasteiger partial charge in [-0.3, -0.25) is 9.59 Å². The Kier molecular flexibility index (Phi) is 9.59. The fraction of sp³-hybridized carbons (Fsp3) is 0.857. The number of nitrogens with one attached hydrogen (secondary N) is 1. The Labute approximate surface area is 128 Å². The van der Waals surface area contributed by atoms with Crippen molar-refractivity contribution in [1.82, 2.24) is 10.2 Å². The summed E-state index contributed by atoms with van der Waals surface area (Å²) in [4.78, 5) is 26.0. The highest BCUT2D eigenvalue weighted by molar-refractivity contribution is 5.85. The zero-order valence-corrected chi connectivity index (χ0v) is 13.4. The largest absolute Gasteiger partial charge is 0.355 e. The maximum Gasteiger partial charge on any atom is 0.225 e. The SMILES string of the molecule is CCCC(C)C(=O)N1CCCC(C(=O)NCCN)C1.Cl. The highest BCUT2D eigenvalue weighted by Gasteiger charge is 2.29. The fourth-order valence-electron chi connectivity index (χ4n) is 2.60. The smallest absolute Gasteiger partial charge is 0.225 e. The van der Waals surface area contributed by atoms with Gasteiger partial charge in [0.15, 0.2) is 0 Å². The predicted molar refractivity (Wildman–Crippen MR) is 82.7 cm³/mol. The molecule has 0 saturated carbocycles. The molecule has 0 aromatic rings. The van der Waals surface area contributed by atoms with Crippen molar-refractivity contribution in [2.45, 2.75) is 39.5 Å². The summed E-state index contributed by atoms with van der Waals surface area (Å²) < 4.78 is 0. The van der Waals surface area contributed by atoms with Crippen LogP contribution in [-0.2, 0) is 9.59 Å². The maximum atomic E-state index is 12.2. The van der Waals surface area contributed by atoms with E-state index in [1.807, 2.05) is 11.8 Å². The lowest BCUT2D eigenvalue weighted by Gasteiger charge is -2.33. The zero-order valence-electron chi connectivity index (χ0n) is 12.6. The predicted octanol–water partition coefficient (Wildman–Crippen LogP) is 1.16. The van der Waals surface area contributed by atoms with Crippen LogP contribution in [0, 0.1) is 11.8 Å². The second kappa shape index (κ2) is 10.00. The van der Waals surface area contributed by atoms with Gasteiger partial charge in [-0.15, -0.1) is 12.4 Å². The summed E-state index contributed by atoms with van der Waals surface area (Å²) in [7, 11) is 0. The Hall–Kier alpha value is -0.810. The average Bonchev–Trinajstić information content (AvgIpc) is 2.44. The van der Waals surface area contributed by atoms with Crippen molar-refractivity contribution in [3.8, 4) is 0 Å². The summed E-state index contributed by atoms with van der Waals surface area (Å²) in [6.45, 7) is 6.37. The molecule has 1 fully saturated rings. The van der Waals surface area contributed by atoms with E-state index in [1.165, 1.54) is 0 Å². The molecule has 1 saturated heterocycles. The van der Waals surface area contributed by atoms with Gasteiger partial charge in [0.05, 0.1) is 5.92 Å². The Morgan fingerprint density at radius 3 is 2.75 bits per heavy atom. The molecule has 0 spiro atoms. The van der Waals surface area contributed by atoms with E-state index in [-0.39, 0.29) is 36.1 Å². The first-order valence-electron chi connectivity index (χ1n) is 7.36. The molecule has 20 heavy (non-hydrogen) atoms. The quantitative estimate of drug-likeness (QED) is 0.773. The van der Waals surface area contributed by atoms with Crippen molar-refractivity contribution in [2.24, 2.45) is 17.6 Å². The average molecular weight is 306 g/mol. The standard InChI is InChI=1S/C14H27N3O2.ClH/c1-3-5-11(2)14(19)17-9-4-6-12(10-17)13(18)16-8-7-15;/h11-12H,3-10,15H2,1-2H3,(H,16,18);1H. The van der Waals surface area contributed by atoms with Gasteiger partial charge < -0.3 is 16.0 Å². The van der Waals surface area contributed by atoms with Crippen LogP contribution in [-0.4, -0.2) is 42.9 Å². The second-order valence-corrected chi connectivity index (χ2v) is 5.39. The topological polar surface area (TPSA) is 75.4 Å². The number of halogens is 1. The Bertz CT molecular complexity index is 313. The number of nitrogens with zero attached hydrogens (tertiary/aromatic N) is 1. The summed E-state index contributed by atoms with van der Waals surface area (Å²) in [6, 6.07) is 0. The molecule has 6 heteroatoms. The molecule has 0 aromatic heterocycles.